The first-order valence-corrected chi connectivity index (χ1v) is 9.59. The maximum Gasteiger partial charge on any atom is 0.191 e. The van der Waals surface area contributed by atoms with Gasteiger partial charge in [0.05, 0.1) is 5.52 Å². The average molecular weight is 499 g/mol. The van der Waals surface area contributed by atoms with E-state index >= 15 is 0 Å². The Morgan fingerprint density at radius 3 is 2.69 bits per heavy atom. The second-order valence-corrected chi connectivity index (χ2v) is 6.90. The number of aromatic amines is 1. The summed E-state index contributed by atoms with van der Waals surface area (Å²) in [6.07, 6.45) is 4.90. The Labute approximate surface area is 188 Å². The van der Waals surface area contributed by atoms with E-state index in [0.717, 1.165) is 24.4 Å². The molecule has 4 aromatic rings. The molecule has 29 heavy (non-hydrogen) atoms. The molecule has 0 fully saturated rings. The summed E-state index contributed by atoms with van der Waals surface area (Å²) in [6.45, 7) is 3.65. The number of fused-ring (bicyclic) bond motifs is 2. The van der Waals surface area contributed by atoms with Crippen LogP contribution in [0.15, 0.2) is 65.9 Å². The summed E-state index contributed by atoms with van der Waals surface area (Å²) in [5.41, 5.74) is 6.05. The zero-order valence-corrected chi connectivity index (χ0v) is 19.0. The zero-order chi connectivity index (χ0) is 19.3. The number of hydrogen-bond donors (Lipinski definition) is 3. The van der Waals surface area contributed by atoms with Gasteiger partial charge >= 0.3 is 0 Å². The van der Waals surface area contributed by atoms with Crippen LogP contribution in [-0.4, -0.2) is 29.5 Å². The molecule has 3 N–H and O–H groups in total. The van der Waals surface area contributed by atoms with Crippen LogP contribution < -0.4 is 10.6 Å². The molecule has 5 nitrogen and oxygen atoms in total. The summed E-state index contributed by atoms with van der Waals surface area (Å²) in [7, 11) is 1.80. The van der Waals surface area contributed by atoms with Gasteiger partial charge in [0.15, 0.2) is 5.96 Å². The van der Waals surface area contributed by atoms with E-state index in [-0.39, 0.29) is 24.0 Å². The topological polar surface area (TPSA) is 65.1 Å². The Morgan fingerprint density at radius 1 is 1.00 bits per heavy atom. The highest BCUT2D eigenvalue weighted by Gasteiger charge is 2.06. The molecule has 2 aromatic heterocycles. The SMILES string of the molecule is CN=C(NCCc1c[nH]c2c(C)cccc12)NCc1ccnc2ccccc12.I. The van der Waals surface area contributed by atoms with Crippen molar-refractivity contribution in [1.82, 2.24) is 20.6 Å². The van der Waals surface area contributed by atoms with E-state index in [1.54, 1.807) is 7.05 Å². The number of pyridine rings is 1. The van der Waals surface area contributed by atoms with Gasteiger partial charge in [-0.15, -0.1) is 24.0 Å². The largest absolute Gasteiger partial charge is 0.361 e. The number of H-pyrrole nitrogens is 1. The lowest BCUT2D eigenvalue weighted by molar-refractivity contribution is 0.798. The number of aryl methyl sites for hydroxylation is 1. The minimum Gasteiger partial charge on any atom is -0.361 e. The van der Waals surface area contributed by atoms with Gasteiger partial charge in [0.1, 0.15) is 0 Å². The zero-order valence-electron chi connectivity index (χ0n) is 16.7. The summed E-state index contributed by atoms with van der Waals surface area (Å²) in [5, 5.41) is 9.29. The predicted octanol–water partition coefficient (Wildman–Crippen LogP) is 4.55. The molecule has 0 unspecified atom stereocenters. The maximum atomic E-state index is 4.42. The fraction of sp³-hybridized carbons (Fsp3) is 0.217. The van der Waals surface area contributed by atoms with Crippen LogP contribution in [0.4, 0.5) is 0 Å². The third-order valence-corrected chi connectivity index (χ3v) is 5.11. The molecule has 0 spiro atoms. The van der Waals surface area contributed by atoms with Gasteiger partial charge in [-0.1, -0.05) is 36.4 Å². The lowest BCUT2D eigenvalue weighted by Gasteiger charge is -2.13. The minimum absolute atomic E-state index is 0. The van der Waals surface area contributed by atoms with Crippen molar-refractivity contribution < 1.29 is 0 Å². The normalized spacial score (nSPS) is 11.4. The maximum absolute atomic E-state index is 4.42. The van der Waals surface area contributed by atoms with E-state index in [9.17, 15) is 0 Å². The fourth-order valence-electron chi connectivity index (χ4n) is 3.60. The van der Waals surface area contributed by atoms with Crippen LogP contribution in [0, 0.1) is 6.92 Å². The number of nitrogens with one attached hydrogen (secondary N) is 3. The Morgan fingerprint density at radius 2 is 1.83 bits per heavy atom. The number of guanidine groups is 1. The summed E-state index contributed by atoms with van der Waals surface area (Å²) >= 11 is 0. The molecule has 0 radical (unpaired) electrons. The number of aliphatic imine (C=N–C) groups is 1. The van der Waals surface area contributed by atoms with Crippen LogP contribution in [0.3, 0.4) is 0 Å². The Bertz CT molecular complexity index is 1130. The summed E-state index contributed by atoms with van der Waals surface area (Å²) in [5.74, 6) is 0.803. The quantitative estimate of drug-likeness (QED) is 0.215. The first-order valence-electron chi connectivity index (χ1n) is 9.59. The van der Waals surface area contributed by atoms with Crippen molar-refractivity contribution in [3.8, 4) is 0 Å². The molecular weight excluding hydrogens is 473 g/mol. The number of benzene rings is 2. The molecule has 0 bridgehead atoms. The van der Waals surface area contributed by atoms with Gasteiger partial charge in [-0.25, -0.2) is 0 Å². The highest BCUT2D eigenvalue weighted by molar-refractivity contribution is 14.0. The minimum atomic E-state index is 0. The van der Waals surface area contributed by atoms with Crippen LogP contribution in [-0.2, 0) is 13.0 Å². The molecule has 2 heterocycles. The van der Waals surface area contributed by atoms with Crippen LogP contribution in [0.1, 0.15) is 16.7 Å². The van der Waals surface area contributed by atoms with Gasteiger partial charge in [-0.05, 0) is 42.2 Å². The second-order valence-electron chi connectivity index (χ2n) is 6.90. The molecular formula is C23H26IN5. The molecule has 0 aliphatic carbocycles. The van der Waals surface area contributed by atoms with Crippen molar-refractivity contribution in [2.45, 2.75) is 19.9 Å². The van der Waals surface area contributed by atoms with E-state index in [1.807, 2.05) is 24.4 Å². The molecule has 4 rings (SSSR count). The van der Waals surface area contributed by atoms with E-state index in [2.05, 4.69) is 69.0 Å². The van der Waals surface area contributed by atoms with Crippen molar-refractivity contribution >= 4 is 51.7 Å². The predicted molar refractivity (Wildman–Crippen MR) is 132 cm³/mol. The van der Waals surface area contributed by atoms with Crippen LogP contribution in [0.2, 0.25) is 0 Å². The molecule has 0 amide bonds. The molecule has 0 saturated carbocycles. The standard InChI is InChI=1S/C23H25N5.HI/c1-16-6-5-8-20-18(14-27-22(16)20)11-13-26-23(24-2)28-15-17-10-12-25-21-9-4-3-7-19(17)21;/h3-10,12,14,27H,11,13,15H2,1-2H3,(H2,24,26,28);1H. The Balaban J connectivity index is 0.00000240. The number of hydrogen-bond acceptors (Lipinski definition) is 2. The third-order valence-electron chi connectivity index (χ3n) is 5.11. The molecule has 2 aromatic carbocycles. The van der Waals surface area contributed by atoms with E-state index < -0.39 is 0 Å². The van der Waals surface area contributed by atoms with Gasteiger partial charge in [0.2, 0.25) is 0 Å². The summed E-state index contributed by atoms with van der Waals surface area (Å²) < 4.78 is 0. The van der Waals surface area contributed by atoms with Gasteiger partial charge in [0.25, 0.3) is 0 Å². The lowest BCUT2D eigenvalue weighted by atomic mass is 10.1. The molecule has 0 aliphatic heterocycles. The van der Waals surface area contributed by atoms with Crippen molar-refractivity contribution in [2.24, 2.45) is 4.99 Å². The third kappa shape index (κ3) is 4.70. The molecule has 6 heteroatoms. The highest BCUT2D eigenvalue weighted by Crippen LogP contribution is 2.21. The van der Waals surface area contributed by atoms with Crippen molar-refractivity contribution in [2.75, 3.05) is 13.6 Å². The first kappa shape index (κ1) is 21.1. The number of para-hydroxylation sites is 2. The van der Waals surface area contributed by atoms with E-state index in [0.29, 0.717) is 6.54 Å². The lowest BCUT2D eigenvalue weighted by Crippen LogP contribution is -2.37. The van der Waals surface area contributed by atoms with Gasteiger partial charge in [-0.2, -0.15) is 0 Å². The van der Waals surface area contributed by atoms with Gasteiger partial charge < -0.3 is 15.6 Å². The number of aromatic nitrogens is 2. The van der Waals surface area contributed by atoms with E-state index in [4.69, 9.17) is 0 Å². The number of nitrogens with zero attached hydrogens (tertiary/aromatic N) is 2. The van der Waals surface area contributed by atoms with Crippen LogP contribution >= 0.6 is 24.0 Å². The molecule has 0 aliphatic rings. The van der Waals surface area contributed by atoms with E-state index in [1.165, 1.54) is 33.0 Å². The summed E-state index contributed by atoms with van der Waals surface area (Å²) in [6, 6.07) is 16.7. The van der Waals surface area contributed by atoms with Crippen LogP contribution in [0.5, 0.6) is 0 Å². The fourth-order valence-corrected chi connectivity index (χ4v) is 3.60. The smallest absolute Gasteiger partial charge is 0.191 e. The van der Waals surface area contributed by atoms with Gasteiger partial charge in [0, 0.05) is 48.8 Å². The van der Waals surface area contributed by atoms with Gasteiger partial charge in [-0.3, -0.25) is 9.98 Å². The first-order chi connectivity index (χ1) is 13.8. The number of rotatable bonds is 5. The number of halogens is 1. The van der Waals surface area contributed by atoms with Crippen molar-refractivity contribution in [3.05, 3.63) is 77.6 Å². The average Bonchev–Trinajstić information content (AvgIpc) is 3.15. The second kappa shape index (κ2) is 9.73. The highest BCUT2D eigenvalue weighted by atomic mass is 127. The van der Waals surface area contributed by atoms with Crippen molar-refractivity contribution in [3.63, 3.8) is 0 Å². The monoisotopic (exact) mass is 499 g/mol. The molecule has 150 valence electrons. The van der Waals surface area contributed by atoms with Crippen molar-refractivity contribution in [1.29, 1.82) is 0 Å². The van der Waals surface area contributed by atoms with Crippen LogP contribution in [0.25, 0.3) is 21.8 Å². The molecule has 0 atom stereocenters. The Kier molecular flexibility index (Phi) is 7.09. The molecule has 0 saturated heterocycles. The summed E-state index contributed by atoms with van der Waals surface area (Å²) in [4.78, 5) is 12.2. The Hall–Kier alpha value is -2.61.